The minimum absolute atomic E-state index is 0.00602. The summed E-state index contributed by atoms with van der Waals surface area (Å²) in [5.74, 6) is -0.391. The predicted molar refractivity (Wildman–Crippen MR) is 110 cm³/mol. The zero-order valence-corrected chi connectivity index (χ0v) is 17.6. The Balaban J connectivity index is 2.29. The van der Waals surface area contributed by atoms with Gasteiger partial charge in [-0.25, -0.2) is 9.97 Å². The molecule has 1 aromatic carbocycles. The number of hydrogen-bond donors (Lipinski definition) is 1. The number of nitrogen functional groups attached to an aromatic ring is 1. The monoisotopic (exact) mass is 460 g/mol. The molecule has 30 heavy (non-hydrogen) atoms. The van der Waals surface area contributed by atoms with Crippen molar-refractivity contribution in [2.24, 2.45) is 0 Å². The first-order valence-electron chi connectivity index (χ1n) is 8.62. The van der Waals surface area contributed by atoms with Crippen molar-refractivity contribution in [3.8, 4) is 22.8 Å². The van der Waals surface area contributed by atoms with Crippen LogP contribution in [0.2, 0.25) is 10.0 Å². The van der Waals surface area contributed by atoms with Crippen molar-refractivity contribution in [1.82, 2.24) is 19.7 Å². The summed E-state index contributed by atoms with van der Waals surface area (Å²) < 4.78 is 47.7. The molecule has 3 rings (SSSR count). The van der Waals surface area contributed by atoms with Gasteiger partial charge in [0.15, 0.2) is 5.69 Å². The molecule has 12 heteroatoms. The predicted octanol–water partition coefficient (Wildman–Crippen LogP) is 4.70. The van der Waals surface area contributed by atoms with E-state index in [4.69, 9.17) is 33.7 Å². The van der Waals surface area contributed by atoms with Gasteiger partial charge in [0.25, 0.3) is 5.88 Å². The lowest BCUT2D eigenvalue weighted by Gasteiger charge is -2.18. The number of halogens is 5. The van der Waals surface area contributed by atoms with E-state index < -0.39 is 11.9 Å². The highest BCUT2D eigenvalue weighted by molar-refractivity contribution is 6.39. The Bertz CT molecular complexity index is 1060. The van der Waals surface area contributed by atoms with Crippen LogP contribution in [0.1, 0.15) is 12.6 Å². The number of ether oxygens (including phenoxy) is 1. The van der Waals surface area contributed by atoms with Crippen LogP contribution in [0.3, 0.4) is 0 Å². The molecular formula is C18H17Cl2F3N6O. The summed E-state index contributed by atoms with van der Waals surface area (Å²) in [5, 5.41) is 4.00. The SMILES string of the molecule is CCOc1nccnc1-n1nc(C(F)(F)F)c(-c2cc(Cl)c(N(C)C)c(Cl)c2)c1N. The second-order valence-corrected chi connectivity index (χ2v) is 7.13. The summed E-state index contributed by atoms with van der Waals surface area (Å²) in [4.78, 5) is 9.68. The van der Waals surface area contributed by atoms with E-state index in [0.29, 0.717) is 5.69 Å². The summed E-state index contributed by atoms with van der Waals surface area (Å²) in [6, 6.07) is 2.71. The molecule has 160 valence electrons. The van der Waals surface area contributed by atoms with E-state index in [0.717, 1.165) is 4.68 Å². The van der Waals surface area contributed by atoms with Crippen LogP contribution in [0.25, 0.3) is 16.9 Å². The third kappa shape index (κ3) is 3.97. The molecule has 0 aliphatic rings. The lowest BCUT2D eigenvalue weighted by molar-refractivity contribution is -0.140. The van der Waals surface area contributed by atoms with Crippen LogP contribution in [0, 0.1) is 0 Å². The summed E-state index contributed by atoms with van der Waals surface area (Å²) >= 11 is 12.5. The van der Waals surface area contributed by atoms with E-state index >= 15 is 0 Å². The third-order valence-corrected chi connectivity index (χ3v) is 4.65. The normalized spacial score (nSPS) is 11.6. The molecular weight excluding hydrogens is 444 g/mol. The van der Waals surface area contributed by atoms with Gasteiger partial charge in [-0.15, -0.1) is 0 Å². The van der Waals surface area contributed by atoms with Gasteiger partial charge in [-0.3, -0.25) is 0 Å². The molecule has 0 fully saturated rings. The minimum Gasteiger partial charge on any atom is -0.475 e. The number of rotatable bonds is 5. The highest BCUT2D eigenvalue weighted by Gasteiger charge is 2.40. The van der Waals surface area contributed by atoms with Crippen molar-refractivity contribution >= 4 is 34.7 Å². The quantitative estimate of drug-likeness (QED) is 0.593. The fourth-order valence-corrected chi connectivity index (χ4v) is 3.74. The van der Waals surface area contributed by atoms with Crippen molar-refractivity contribution in [3.05, 3.63) is 40.3 Å². The summed E-state index contributed by atoms with van der Waals surface area (Å²) in [6.07, 6.45) is -2.16. The third-order valence-electron chi connectivity index (χ3n) is 4.07. The molecule has 0 unspecified atom stereocenters. The van der Waals surface area contributed by atoms with Crippen LogP contribution in [0.15, 0.2) is 24.5 Å². The maximum Gasteiger partial charge on any atom is 0.435 e. The van der Waals surface area contributed by atoms with Crippen LogP contribution < -0.4 is 15.4 Å². The van der Waals surface area contributed by atoms with Gasteiger partial charge in [0, 0.05) is 26.5 Å². The topological polar surface area (TPSA) is 82.1 Å². The fourth-order valence-electron chi connectivity index (χ4n) is 2.91. The van der Waals surface area contributed by atoms with Crippen LogP contribution in [0.4, 0.5) is 24.7 Å². The molecule has 0 aliphatic carbocycles. The molecule has 0 aliphatic heterocycles. The van der Waals surface area contributed by atoms with Gasteiger partial charge in [-0.1, -0.05) is 23.2 Å². The van der Waals surface area contributed by atoms with E-state index in [9.17, 15) is 13.2 Å². The Kier molecular flexibility index (Phi) is 6.00. The minimum atomic E-state index is -4.80. The molecule has 0 bridgehead atoms. The number of benzene rings is 1. The van der Waals surface area contributed by atoms with Gasteiger partial charge in [0.2, 0.25) is 5.82 Å². The lowest BCUT2D eigenvalue weighted by Crippen LogP contribution is -2.11. The molecule has 0 radical (unpaired) electrons. The van der Waals surface area contributed by atoms with Gasteiger partial charge in [0.05, 0.1) is 27.9 Å². The maximum absolute atomic E-state index is 13.8. The first-order valence-corrected chi connectivity index (χ1v) is 9.38. The number of nitrogens with two attached hydrogens (primary N) is 1. The summed E-state index contributed by atoms with van der Waals surface area (Å²) in [7, 11) is 3.42. The van der Waals surface area contributed by atoms with Crippen LogP contribution in [-0.4, -0.2) is 40.5 Å². The second kappa shape index (κ2) is 8.19. The number of hydrogen-bond acceptors (Lipinski definition) is 6. The van der Waals surface area contributed by atoms with Gasteiger partial charge >= 0.3 is 6.18 Å². The van der Waals surface area contributed by atoms with Gasteiger partial charge < -0.3 is 15.4 Å². The van der Waals surface area contributed by atoms with E-state index in [1.807, 2.05) is 0 Å². The molecule has 2 N–H and O–H groups in total. The van der Waals surface area contributed by atoms with Gasteiger partial charge in [0.1, 0.15) is 5.82 Å². The van der Waals surface area contributed by atoms with Crippen molar-refractivity contribution in [2.75, 3.05) is 31.3 Å². The Morgan fingerprint density at radius 1 is 1.13 bits per heavy atom. The smallest absolute Gasteiger partial charge is 0.435 e. The number of anilines is 2. The molecule has 7 nitrogen and oxygen atoms in total. The van der Waals surface area contributed by atoms with Gasteiger partial charge in [-0.05, 0) is 24.6 Å². The van der Waals surface area contributed by atoms with E-state index in [2.05, 4.69) is 15.1 Å². The maximum atomic E-state index is 13.8. The lowest BCUT2D eigenvalue weighted by atomic mass is 10.0. The largest absolute Gasteiger partial charge is 0.475 e. The Morgan fingerprint density at radius 3 is 2.27 bits per heavy atom. The van der Waals surface area contributed by atoms with Crippen LogP contribution >= 0.6 is 23.2 Å². The first kappa shape index (κ1) is 22.0. The van der Waals surface area contributed by atoms with Crippen molar-refractivity contribution in [3.63, 3.8) is 0 Å². The molecule has 0 spiro atoms. The van der Waals surface area contributed by atoms with Crippen LogP contribution in [0.5, 0.6) is 5.88 Å². The molecule has 0 atom stereocenters. The number of nitrogens with zero attached hydrogens (tertiary/aromatic N) is 5. The molecule has 0 saturated carbocycles. The van der Waals surface area contributed by atoms with Crippen LogP contribution in [-0.2, 0) is 6.18 Å². The van der Waals surface area contributed by atoms with Crippen molar-refractivity contribution < 1.29 is 17.9 Å². The van der Waals surface area contributed by atoms with Crippen molar-refractivity contribution in [1.29, 1.82) is 0 Å². The van der Waals surface area contributed by atoms with Crippen molar-refractivity contribution in [2.45, 2.75) is 13.1 Å². The van der Waals surface area contributed by atoms with E-state index in [1.54, 1.807) is 25.9 Å². The Hall–Kier alpha value is -2.72. The zero-order chi connectivity index (χ0) is 22.2. The molecule has 0 saturated heterocycles. The summed E-state index contributed by atoms with van der Waals surface area (Å²) in [5.41, 5.74) is 5.06. The standard InChI is InChI=1S/C18H17Cl2F3N6O/c1-4-30-17-16(25-5-6-26-17)29-15(24)12(14(27-29)18(21,22)23)9-7-10(19)13(28(2)3)11(20)8-9/h5-8H,4,24H2,1-3H3. The number of aromatic nitrogens is 4. The highest BCUT2D eigenvalue weighted by Crippen LogP contribution is 2.44. The zero-order valence-electron chi connectivity index (χ0n) is 16.1. The van der Waals surface area contributed by atoms with E-state index in [-0.39, 0.29) is 45.3 Å². The average molecular weight is 461 g/mol. The first-order chi connectivity index (χ1) is 14.1. The molecule has 0 amide bonds. The highest BCUT2D eigenvalue weighted by atomic mass is 35.5. The molecule has 2 aromatic heterocycles. The van der Waals surface area contributed by atoms with Gasteiger partial charge in [-0.2, -0.15) is 23.0 Å². The second-order valence-electron chi connectivity index (χ2n) is 6.32. The average Bonchev–Trinajstić information content (AvgIpc) is 2.99. The Morgan fingerprint density at radius 2 is 1.73 bits per heavy atom. The Labute approximate surface area is 180 Å². The molecule has 3 aromatic rings. The summed E-state index contributed by atoms with van der Waals surface area (Å²) in [6.45, 7) is 1.93. The number of alkyl halides is 3. The fraction of sp³-hybridized carbons (Fsp3) is 0.278. The van der Waals surface area contributed by atoms with E-state index in [1.165, 1.54) is 24.5 Å². The molecule has 2 heterocycles.